The maximum atomic E-state index is 4.44. The number of aryl methyl sites for hydroxylation is 2. The van der Waals surface area contributed by atoms with Gasteiger partial charge >= 0.3 is 0 Å². The van der Waals surface area contributed by atoms with Gasteiger partial charge in [0.05, 0.1) is 5.69 Å². The van der Waals surface area contributed by atoms with Gasteiger partial charge < -0.3 is 5.32 Å². The van der Waals surface area contributed by atoms with Crippen molar-refractivity contribution in [3.63, 3.8) is 0 Å². The van der Waals surface area contributed by atoms with E-state index < -0.39 is 0 Å². The lowest BCUT2D eigenvalue weighted by Gasteiger charge is -1.99. The van der Waals surface area contributed by atoms with E-state index in [0.717, 1.165) is 23.8 Å². The Balaban J connectivity index is 1.83. The number of rotatable bonds is 4. The third-order valence-electron chi connectivity index (χ3n) is 2.26. The molecule has 1 N–H and O–H groups in total. The Labute approximate surface area is 98.0 Å². The number of hydrogen-bond acceptors (Lipinski definition) is 4. The fraction of sp³-hybridized carbons (Fsp3) is 0.364. The number of hydrogen-bond donors (Lipinski definition) is 1. The van der Waals surface area contributed by atoms with Crippen LogP contribution in [0.15, 0.2) is 17.5 Å². The van der Waals surface area contributed by atoms with Crippen molar-refractivity contribution >= 4 is 27.8 Å². The molecule has 0 aliphatic carbocycles. The molecular formula is C11H14N2S2. The molecule has 0 fully saturated rings. The van der Waals surface area contributed by atoms with Gasteiger partial charge in [0.2, 0.25) is 0 Å². The van der Waals surface area contributed by atoms with Crippen molar-refractivity contribution in [2.24, 2.45) is 0 Å². The molecule has 4 heteroatoms. The molecule has 0 amide bonds. The monoisotopic (exact) mass is 238 g/mol. The largest absolute Gasteiger partial charge is 0.361 e. The maximum absolute atomic E-state index is 4.44. The zero-order chi connectivity index (χ0) is 10.7. The Kier molecular flexibility index (Phi) is 3.38. The molecule has 2 aromatic rings. The van der Waals surface area contributed by atoms with Crippen molar-refractivity contribution < 1.29 is 0 Å². The highest BCUT2D eigenvalue weighted by molar-refractivity contribution is 7.15. The van der Waals surface area contributed by atoms with Crippen molar-refractivity contribution in [1.82, 2.24) is 4.98 Å². The van der Waals surface area contributed by atoms with Crippen LogP contribution in [0, 0.1) is 13.8 Å². The summed E-state index contributed by atoms with van der Waals surface area (Å²) in [5.41, 5.74) is 1.14. The Bertz CT molecular complexity index is 398. The standard InChI is InChI=1S/C11H14N2S2/c1-8-9(2)15-11(13-8)12-6-5-10-4-3-7-14-10/h3-4,7H,5-6H2,1-2H3,(H,12,13). The van der Waals surface area contributed by atoms with Crippen LogP contribution in [0.5, 0.6) is 0 Å². The van der Waals surface area contributed by atoms with E-state index in [-0.39, 0.29) is 0 Å². The summed E-state index contributed by atoms with van der Waals surface area (Å²) in [6, 6.07) is 4.27. The van der Waals surface area contributed by atoms with Gasteiger partial charge in [-0.25, -0.2) is 4.98 Å². The lowest BCUT2D eigenvalue weighted by atomic mass is 10.3. The first-order valence-electron chi connectivity index (χ1n) is 4.96. The van der Waals surface area contributed by atoms with E-state index in [9.17, 15) is 0 Å². The minimum Gasteiger partial charge on any atom is -0.361 e. The third-order valence-corrected chi connectivity index (χ3v) is 4.22. The second-order valence-electron chi connectivity index (χ2n) is 3.42. The predicted molar refractivity (Wildman–Crippen MR) is 68.1 cm³/mol. The van der Waals surface area contributed by atoms with Crippen LogP contribution in [0.2, 0.25) is 0 Å². The van der Waals surface area contributed by atoms with Gasteiger partial charge in [-0.15, -0.1) is 22.7 Å². The Hall–Kier alpha value is -0.870. The smallest absolute Gasteiger partial charge is 0.183 e. The maximum Gasteiger partial charge on any atom is 0.183 e. The fourth-order valence-corrected chi connectivity index (χ4v) is 2.84. The zero-order valence-corrected chi connectivity index (χ0v) is 10.5. The van der Waals surface area contributed by atoms with E-state index in [4.69, 9.17) is 0 Å². The van der Waals surface area contributed by atoms with E-state index in [2.05, 4.69) is 41.7 Å². The highest BCUT2D eigenvalue weighted by atomic mass is 32.1. The first-order valence-corrected chi connectivity index (χ1v) is 6.65. The van der Waals surface area contributed by atoms with Crippen molar-refractivity contribution in [3.05, 3.63) is 33.0 Å². The summed E-state index contributed by atoms with van der Waals surface area (Å²) in [6.07, 6.45) is 1.08. The molecule has 0 spiro atoms. The molecule has 80 valence electrons. The Morgan fingerprint density at radius 3 is 2.87 bits per heavy atom. The fourth-order valence-electron chi connectivity index (χ4n) is 1.30. The van der Waals surface area contributed by atoms with E-state index in [1.54, 1.807) is 11.3 Å². The van der Waals surface area contributed by atoms with Gasteiger partial charge in [0.15, 0.2) is 5.13 Å². The van der Waals surface area contributed by atoms with Gasteiger partial charge in [0.1, 0.15) is 0 Å². The van der Waals surface area contributed by atoms with Gasteiger partial charge in [-0.3, -0.25) is 0 Å². The average Bonchev–Trinajstić information content (AvgIpc) is 2.79. The lowest BCUT2D eigenvalue weighted by Crippen LogP contribution is -2.03. The average molecular weight is 238 g/mol. The Morgan fingerprint density at radius 2 is 2.27 bits per heavy atom. The van der Waals surface area contributed by atoms with Crippen LogP contribution in [0.25, 0.3) is 0 Å². The molecule has 0 atom stereocenters. The van der Waals surface area contributed by atoms with E-state index in [0.29, 0.717) is 0 Å². The number of nitrogens with zero attached hydrogens (tertiary/aromatic N) is 1. The lowest BCUT2D eigenvalue weighted by molar-refractivity contribution is 1.03. The molecule has 2 nitrogen and oxygen atoms in total. The van der Waals surface area contributed by atoms with Crippen LogP contribution in [-0.4, -0.2) is 11.5 Å². The molecule has 0 aliphatic rings. The molecule has 2 heterocycles. The SMILES string of the molecule is Cc1nc(NCCc2cccs2)sc1C. The van der Waals surface area contributed by atoms with Crippen LogP contribution in [0.4, 0.5) is 5.13 Å². The summed E-state index contributed by atoms with van der Waals surface area (Å²) < 4.78 is 0. The normalized spacial score (nSPS) is 10.5. The summed E-state index contributed by atoms with van der Waals surface area (Å²) in [4.78, 5) is 7.16. The molecule has 2 aromatic heterocycles. The van der Waals surface area contributed by atoms with Crippen molar-refractivity contribution in [1.29, 1.82) is 0 Å². The summed E-state index contributed by atoms with van der Waals surface area (Å²) in [5, 5.41) is 6.52. The molecule has 0 unspecified atom stereocenters. The highest BCUT2D eigenvalue weighted by Crippen LogP contribution is 2.21. The summed E-state index contributed by atoms with van der Waals surface area (Å²) in [5.74, 6) is 0. The van der Waals surface area contributed by atoms with Crippen molar-refractivity contribution in [2.75, 3.05) is 11.9 Å². The number of anilines is 1. The van der Waals surface area contributed by atoms with Crippen LogP contribution >= 0.6 is 22.7 Å². The Morgan fingerprint density at radius 1 is 1.40 bits per heavy atom. The molecule has 15 heavy (non-hydrogen) atoms. The van der Waals surface area contributed by atoms with Gasteiger partial charge in [-0.05, 0) is 31.7 Å². The molecule has 0 bridgehead atoms. The number of aromatic nitrogens is 1. The van der Waals surface area contributed by atoms with Crippen LogP contribution < -0.4 is 5.32 Å². The minimum atomic E-state index is 0.965. The molecule has 2 rings (SSSR count). The quantitative estimate of drug-likeness (QED) is 0.882. The summed E-state index contributed by atoms with van der Waals surface area (Å²) in [7, 11) is 0. The first-order chi connectivity index (χ1) is 7.25. The van der Waals surface area contributed by atoms with Crippen LogP contribution in [-0.2, 0) is 6.42 Å². The molecule has 0 saturated carbocycles. The summed E-state index contributed by atoms with van der Waals surface area (Å²) >= 11 is 3.54. The zero-order valence-electron chi connectivity index (χ0n) is 8.91. The third kappa shape index (κ3) is 2.79. The predicted octanol–water partition coefficient (Wildman–Crippen LogP) is 3.48. The molecule has 0 aromatic carbocycles. The van der Waals surface area contributed by atoms with Crippen molar-refractivity contribution in [2.45, 2.75) is 20.3 Å². The molecular weight excluding hydrogens is 224 g/mol. The second kappa shape index (κ2) is 4.77. The van der Waals surface area contributed by atoms with E-state index in [1.807, 2.05) is 11.3 Å². The van der Waals surface area contributed by atoms with Crippen LogP contribution in [0.1, 0.15) is 15.4 Å². The first kappa shape index (κ1) is 10.6. The van der Waals surface area contributed by atoms with Gasteiger partial charge in [0.25, 0.3) is 0 Å². The minimum absolute atomic E-state index is 0.965. The van der Waals surface area contributed by atoms with E-state index >= 15 is 0 Å². The summed E-state index contributed by atoms with van der Waals surface area (Å²) in [6.45, 7) is 5.13. The second-order valence-corrected chi connectivity index (χ2v) is 5.65. The number of thiazole rings is 1. The van der Waals surface area contributed by atoms with Crippen molar-refractivity contribution in [3.8, 4) is 0 Å². The molecule has 0 saturated heterocycles. The highest BCUT2D eigenvalue weighted by Gasteiger charge is 2.02. The van der Waals surface area contributed by atoms with Crippen LogP contribution in [0.3, 0.4) is 0 Å². The molecule has 0 aliphatic heterocycles. The van der Waals surface area contributed by atoms with Gasteiger partial charge in [-0.2, -0.15) is 0 Å². The van der Waals surface area contributed by atoms with E-state index in [1.165, 1.54) is 9.75 Å². The number of thiophene rings is 1. The topological polar surface area (TPSA) is 24.9 Å². The van der Waals surface area contributed by atoms with Gasteiger partial charge in [-0.1, -0.05) is 6.07 Å². The molecule has 0 radical (unpaired) electrons. The number of nitrogens with one attached hydrogen (secondary N) is 1. The van der Waals surface area contributed by atoms with Gasteiger partial charge in [0, 0.05) is 16.3 Å².